The molecule has 2 aromatic rings. The summed E-state index contributed by atoms with van der Waals surface area (Å²) in [5, 5.41) is 3.01. The fourth-order valence-corrected chi connectivity index (χ4v) is 4.27. The van der Waals surface area contributed by atoms with Gasteiger partial charge in [-0.05, 0) is 52.2 Å². The number of amides is 2. The zero-order valence-electron chi connectivity index (χ0n) is 19.7. The summed E-state index contributed by atoms with van der Waals surface area (Å²) in [5.41, 5.74) is 5.90. The Kier molecular flexibility index (Phi) is 9.63. The van der Waals surface area contributed by atoms with Crippen molar-refractivity contribution in [1.29, 1.82) is 0 Å². The number of nitrogens with one attached hydrogen (secondary N) is 1. The summed E-state index contributed by atoms with van der Waals surface area (Å²) >= 11 is 1.60. The fraction of sp³-hybridized carbons (Fsp3) is 0.462. The van der Waals surface area contributed by atoms with Gasteiger partial charge in [0.1, 0.15) is 6.04 Å². The van der Waals surface area contributed by atoms with Crippen LogP contribution in [0.3, 0.4) is 0 Å². The first-order valence-corrected chi connectivity index (χ1v) is 12.1. The van der Waals surface area contributed by atoms with Gasteiger partial charge in [-0.2, -0.15) is 0 Å². The molecule has 0 aliphatic carbocycles. The molecule has 4 nitrogen and oxygen atoms in total. The molecule has 31 heavy (non-hydrogen) atoms. The predicted octanol–water partition coefficient (Wildman–Crippen LogP) is 5.18. The molecule has 5 heteroatoms. The third-order valence-corrected chi connectivity index (χ3v) is 6.41. The summed E-state index contributed by atoms with van der Waals surface area (Å²) in [6.45, 7) is 12.5. The van der Waals surface area contributed by atoms with Crippen LogP contribution < -0.4 is 5.32 Å². The minimum absolute atomic E-state index is 0.0123. The smallest absolute Gasteiger partial charge is 0.242 e. The second-order valence-corrected chi connectivity index (χ2v) is 9.48. The van der Waals surface area contributed by atoms with Gasteiger partial charge in [-0.3, -0.25) is 9.59 Å². The Bertz CT molecular complexity index is 859. The van der Waals surface area contributed by atoms with E-state index < -0.39 is 6.04 Å². The highest BCUT2D eigenvalue weighted by Gasteiger charge is 2.26. The number of carbonyl (C=O) groups excluding carboxylic acids is 2. The Hall–Kier alpha value is -2.27. The zero-order valence-corrected chi connectivity index (χ0v) is 20.5. The molecular weight excluding hydrogens is 404 g/mol. The van der Waals surface area contributed by atoms with Crippen LogP contribution in [0.1, 0.15) is 55.0 Å². The first-order valence-electron chi connectivity index (χ1n) is 11.0. The van der Waals surface area contributed by atoms with Crippen molar-refractivity contribution in [3.05, 3.63) is 70.3 Å². The molecule has 2 amide bonds. The number of aryl methyl sites for hydroxylation is 3. The van der Waals surface area contributed by atoms with Crippen LogP contribution >= 0.6 is 11.8 Å². The fourth-order valence-electron chi connectivity index (χ4n) is 3.43. The summed E-state index contributed by atoms with van der Waals surface area (Å²) in [5.74, 6) is 1.01. The van der Waals surface area contributed by atoms with E-state index in [2.05, 4.69) is 37.4 Å². The molecule has 0 aliphatic rings. The van der Waals surface area contributed by atoms with Crippen molar-refractivity contribution in [3.8, 4) is 0 Å². The Morgan fingerprint density at radius 1 is 0.935 bits per heavy atom. The first kappa shape index (κ1) is 25.0. The molecule has 0 fully saturated rings. The average molecular weight is 441 g/mol. The molecule has 2 aromatic carbocycles. The number of carbonyl (C=O) groups is 2. The normalized spacial score (nSPS) is 12.8. The van der Waals surface area contributed by atoms with Gasteiger partial charge in [-0.1, -0.05) is 66.1 Å². The van der Waals surface area contributed by atoms with Crippen LogP contribution in [-0.2, 0) is 21.9 Å². The van der Waals surface area contributed by atoms with Gasteiger partial charge < -0.3 is 10.2 Å². The maximum absolute atomic E-state index is 13.2. The highest BCUT2D eigenvalue weighted by molar-refractivity contribution is 7.99. The third-order valence-electron chi connectivity index (χ3n) is 5.42. The SMILES string of the molecule is CC[C@@H](C)NC(=O)[C@H](C)N(Cc1ccc(C)cc1)C(=O)CSCc1cc(C)cc(C)c1. The summed E-state index contributed by atoms with van der Waals surface area (Å²) in [7, 11) is 0. The summed E-state index contributed by atoms with van der Waals surface area (Å²) in [4.78, 5) is 27.6. The maximum Gasteiger partial charge on any atom is 0.242 e. The third kappa shape index (κ3) is 8.06. The largest absolute Gasteiger partial charge is 0.352 e. The molecule has 0 spiro atoms. The molecule has 2 atom stereocenters. The van der Waals surface area contributed by atoms with Crippen molar-refractivity contribution < 1.29 is 9.59 Å². The first-order chi connectivity index (χ1) is 14.7. The lowest BCUT2D eigenvalue weighted by Crippen LogP contribution is -2.50. The molecule has 168 valence electrons. The van der Waals surface area contributed by atoms with Gasteiger partial charge in [0.2, 0.25) is 11.8 Å². The number of nitrogens with zero attached hydrogens (tertiary/aromatic N) is 1. The molecule has 0 unspecified atom stereocenters. The second kappa shape index (κ2) is 11.9. The predicted molar refractivity (Wildman–Crippen MR) is 131 cm³/mol. The van der Waals surface area contributed by atoms with E-state index in [1.54, 1.807) is 16.7 Å². The van der Waals surface area contributed by atoms with E-state index >= 15 is 0 Å². The van der Waals surface area contributed by atoms with Gasteiger partial charge in [0.15, 0.2) is 0 Å². The number of benzene rings is 2. The van der Waals surface area contributed by atoms with Crippen molar-refractivity contribution in [3.63, 3.8) is 0 Å². The minimum atomic E-state index is -0.524. The van der Waals surface area contributed by atoms with E-state index in [0.29, 0.717) is 12.3 Å². The van der Waals surface area contributed by atoms with Crippen LogP contribution in [0.4, 0.5) is 0 Å². The number of thioether (sulfide) groups is 1. The lowest BCUT2D eigenvalue weighted by molar-refractivity contribution is -0.138. The zero-order chi connectivity index (χ0) is 23.0. The van der Waals surface area contributed by atoms with Crippen LogP contribution in [0.2, 0.25) is 0 Å². The average Bonchev–Trinajstić information content (AvgIpc) is 2.71. The molecule has 1 N–H and O–H groups in total. The van der Waals surface area contributed by atoms with Gasteiger partial charge in [0.25, 0.3) is 0 Å². The number of hydrogen-bond donors (Lipinski definition) is 1. The van der Waals surface area contributed by atoms with Crippen LogP contribution in [0.5, 0.6) is 0 Å². The molecule has 0 saturated heterocycles. The van der Waals surface area contributed by atoms with Crippen molar-refractivity contribution in [2.24, 2.45) is 0 Å². The molecule has 0 aromatic heterocycles. The van der Waals surface area contributed by atoms with Crippen LogP contribution in [0, 0.1) is 20.8 Å². The van der Waals surface area contributed by atoms with Crippen LogP contribution in [-0.4, -0.2) is 34.6 Å². The van der Waals surface area contributed by atoms with E-state index in [0.717, 1.165) is 17.7 Å². The lowest BCUT2D eigenvalue weighted by Gasteiger charge is -2.29. The molecule has 0 heterocycles. The topological polar surface area (TPSA) is 49.4 Å². The van der Waals surface area contributed by atoms with Gasteiger partial charge in [0, 0.05) is 18.3 Å². The quantitative estimate of drug-likeness (QED) is 0.554. The van der Waals surface area contributed by atoms with E-state index in [9.17, 15) is 9.59 Å². The maximum atomic E-state index is 13.2. The second-order valence-electron chi connectivity index (χ2n) is 8.49. The van der Waals surface area contributed by atoms with Crippen molar-refractivity contribution in [1.82, 2.24) is 10.2 Å². The van der Waals surface area contributed by atoms with Crippen molar-refractivity contribution >= 4 is 23.6 Å². The van der Waals surface area contributed by atoms with E-state index in [1.165, 1.54) is 22.3 Å². The van der Waals surface area contributed by atoms with Crippen molar-refractivity contribution in [2.45, 2.75) is 72.3 Å². The minimum Gasteiger partial charge on any atom is -0.352 e. The van der Waals surface area contributed by atoms with Crippen LogP contribution in [0.25, 0.3) is 0 Å². The number of hydrogen-bond acceptors (Lipinski definition) is 3. The van der Waals surface area contributed by atoms with Gasteiger partial charge in [-0.15, -0.1) is 11.8 Å². The van der Waals surface area contributed by atoms with Crippen LogP contribution in [0.15, 0.2) is 42.5 Å². The molecule has 0 radical (unpaired) electrons. The molecular formula is C26H36N2O2S. The standard InChI is InChI=1S/C26H36N2O2S/c1-7-21(5)27-26(30)22(6)28(15-23-10-8-18(2)9-11-23)25(29)17-31-16-24-13-19(3)12-20(4)14-24/h8-14,21-22H,7,15-17H2,1-6H3,(H,27,30)/t21-,22+/m1/s1. The Balaban J connectivity index is 2.08. The number of rotatable bonds is 10. The summed E-state index contributed by atoms with van der Waals surface area (Å²) < 4.78 is 0. The van der Waals surface area contributed by atoms with Gasteiger partial charge >= 0.3 is 0 Å². The Morgan fingerprint density at radius 3 is 2.13 bits per heavy atom. The highest BCUT2D eigenvalue weighted by atomic mass is 32.2. The lowest BCUT2D eigenvalue weighted by atomic mass is 10.1. The highest BCUT2D eigenvalue weighted by Crippen LogP contribution is 2.18. The monoisotopic (exact) mass is 440 g/mol. The summed E-state index contributed by atoms with van der Waals surface area (Å²) in [6.07, 6.45) is 0.857. The Morgan fingerprint density at radius 2 is 1.55 bits per heavy atom. The molecule has 0 saturated carbocycles. The van der Waals surface area contributed by atoms with Gasteiger partial charge in [-0.25, -0.2) is 0 Å². The van der Waals surface area contributed by atoms with E-state index in [4.69, 9.17) is 0 Å². The molecule has 2 rings (SSSR count). The van der Waals surface area contributed by atoms with Gasteiger partial charge in [0.05, 0.1) is 5.75 Å². The molecule has 0 aliphatic heterocycles. The Labute approximate surface area is 191 Å². The molecule has 0 bridgehead atoms. The van der Waals surface area contributed by atoms with Crippen molar-refractivity contribution in [2.75, 3.05) is 5.75 Å². The summed E-state index contributed by atoms with van der Waals surface area (Å²) in [6, 6.07) is 14.2. The van der Waals surface area contributed by atoms with E-state index in [1.807, 2.05) is 52.0 Å². The van der Waals surface area contributed by atoms with E-state index in [-0.39, 0.29) is 17.9 Å².